The monoisotopic (exact) mass is 426 g/mol. The van der Waals surface area contributed by atoms with Crippen molar-refractivity contribution in [2.45, 2.75) is 65.2 Å². The first-order valence-electron chi connectivity index (χ1n) is 10.1. The topological polar surface area (TPSA) is 106 Å². The van der Waals surface area contributed by atoms with Gasteiger partial charge in [-0.3, -0.25) is 4.79 Å². The zero-order chi connectivity index (χ0) is 21.3. The number of nitrogens with one attached hydrogen (secondary N) is 1. The Balaban J connectivity index is 1.90. The number of nitrogens with zero attached hydrogens (tertiary/aromatic N) is 1. The summed E-state index contributed by atoms with van der Waals surface area (Å²) in [6.07, 6.45) is 1.83. The molecule has 162 valence electrons. The van der Waals surface area contributed by atoms with Crippen molar-refractivity contribution in [2.24, 2.45) is 0 Å². The molecule has 2 aliphatic rings. The summed E-state index contributed by atoms with van der Waals surface area (Å²) in [5.74, 6) is -0.722. The molecular formula is C20H30N2O6S. The molecule has 0 aliphatic carbocycles. The number of amides is 1. The first-order valence-corrected chi connectivity index (χ1v) is 11.9. The molecule has 2 atom stereocenters. The maximum Gasteiger partial charge on any atom is 0.340 e. The first kappa shape index (κ1) is 21.8. The summed E-state index contributed by atoms with van der Waals surface area (Å²) in [5, 5.41) is 0. The van der Waals surface area contributed by atoms with E-state index >= 15 is 0 Å². The molecule has 3 heterocycles. The molecule has 2 saturated heterocycles. The normalized spacial score (nSPS) is 23.5. The highest BCUT2D eigenvalue weighted by Gasteiger charge is 2.38. The molecule has 2 aliphatic heterocycles. The van der Waals surface area contributed by atoms with Crippen molar-refractivity contribution in [3.8, 4) is 0 Å². The van der Waals surface area contributed by atoms with Crippen molar-refractivity contribution in [3.63, 3.8) is 0 Å². The third-order valence-electron chi connectivity index (χ3n) is 5.53. The predicted molar refractivity (Wildman–Crippen MR) is 108 cm³/mol. The van der Waals surface area contributed by atoms with E-state index in [-0.39, 0.29) is 35.7 Å². The van der Waals surface area contributed by atoms with Gasteiger partial charge in [0.05, 0.1) is 29.3 Å². The van der Waals surface area contributed by atoms with Crippen LogP contribution < -0.4 is 0 Å². The van der Waals surface area contributed by atoms with Gasteiger partial charge in [0.15, 0.2) is 9.84 Å². The predicted octanol–water partition coefficient (Wildman–Crippen LogP) is 2.01. The summed E-state index contributed by atoms with van der Waals surface area (Å²) in [4.78, 5) is 30.6. The Kier molecular flexibility index (Phi) is 6.38. The molecule has 0 spiro atoms. The number of carbonyl (C=O) groups is 2. The van der Waals surface area contributed by atoms with E-state index < -0.39 is 15.8 Å². The molecule has 1 aromatic heterocycles. The fourth-order valence-electron chi connectivity index (χ4n) is 4.11. The maximum atomic E-state index is 13.5. The lowest BCUT2D eigenvalue weighted by molar-refractivity contribution is 0.0376. The second kappa shape index (κ2) is 8.47. The number of H-pyrrole nitrogens is 1. The van der Waals surface area contributed by atoms with E-state index in [1.165, 1.54) is 0 Å². The van der Waals surface area contributed by atoms with Crippen molar-refractivity contribution < 1.29 is 27.5 Å². The fraction of sp³-hybridized carbons (Fsp3) is 0.700. The van der Waals surface area contributed by atoms with E-state index in [1.807, 2.05) is 0 Å². The van der Waals surface area contributed by atoms with Gasteiger partial charge in [-0.25, -0.2) is 13.2 Å². The van der Waals surface area contributed by atoms with Crippen LogP contribution >= 0.6 is 0 Å². The highest BCUT2D eigenvalue weighted by atomic mass is 32.2. The average Bonchev–Trinajstić information content (AvgIpc) is 3.31. The Labute approximate surface area is 171 Å². The minimum atomic E-state index is -3.15. The Hall–Kier alpha value is -1.87. The van der Waals surface area contributed by atoms with E-state index in [2.05, 4.69) is 4.98 Å². The van der Waals surface area contributed by atoms with Gasteiger partial charge >= 0.3 is 5.97 Å². The van der Waals surface area contributed by atoms with Crippen LogP contribution in [-0.2, 0) is 19.3 Å². The molecule has 1 aromatic rings. The summed E-state index contributed by atoms with van der Waals surface area (Å²) >= 11 is 0. The second-order valence-corrected chi connectivity index (χ2v) is 10.5. The molecule has 0 aromatic carbocycles. The van der Waals surface area contributed by atoms with Gasteiger partial charge in [0.2, 0.25) is 0 Å². The molecule has 0 unspecified atom stereocenters. The van der Waals surface area contributed by atoms with Crippen LogP contribution in [0.15, 0.2) is 0 Å². The molecule has 1 amide bonds. The molecule has 2 fully saturated rings. The second-order valence-electron chi connectivity index (χ2n) is 8.23. The first-order chi connectivity index (χ1) is 13.6. The SMILES string of the molecule is Cc1[nH]c(C(=O)N(C[C@@H]2CCCO2)[C@H]2CCS(=O)(=O)C2)c(C)c1C(=O)OC(C)C. The van der Waals surface area contributed by atoms with Gasteiger partial charge < -0.3 is 19.4 Å². The van der Waals surface area contributed by atoms with Crippen LogP contribution in [0.5, 0.6) is 0 Å². The van der Waals surface area contributed by atoms with Gasteiger partial charge in [-0.15, -0.1) is 0 Å². The van der Waals surface area contributed by atoms with Crippen LogP contribution in [0, 0.1) is 13.8 Å². The molecule has 9 heteroatoms. The molecule has 29 heavy (non-hydrogen) atoms. The maximum absolute atomic E-state index is 13.5. The number of aromatic amines is 1. The Morgan fingerprint density at radius 3 is 2.55 bits per heavy atom. The third kappa shape index (κ3) is 4.83. The third-order valence-corrected chi connectivity index (χ3v) is 7.28. The van der Waals surface area contributed by atoms with E-state index in [9.17, 15) is 18.0 Å². The summed E-state index contributed by atoms with van der Waals surface area (Å²) in [6.45, 7) is 7.98. The molecule has 1 N–H and O–H groups in total. The lowest BCUT2D eigenvalue weighted by Crippen LogP contribution is -2.45. The summed E-state index contributed by atoms with van der Waals surface area (Å²) < 4.78 is 35.0. The van der Waals surface area contributed by atoms with Crippen LogP contribution in [0.1, 0.15) is 65.2 Å². The lowest BCUT2D eigenvalue weighted by Gasteiger charge is -2.30. The zero-order valence-corrected chi connectivity index (χ0v) is 18.3. The lowest BCUT2D eigenvalue weighted by atomic mass is 10.1. The van der Waals surface area contributed by atoms with Gasteiger partial charge in [-0.2, -0.15) is 0 Å². The van der Waals surface area contributed by atoms with Gasteiger partial charge in [-0.05, 0) is 52.5 Å². The van der Waals surface area contributed by atoms with Crippen molar-refractivity contribution >= 4 is 21.7 Å². The van der Waals surface area contributed by atoms with Crippen LogP contribution in [0.4, 0.5) is 0 Å². The minimum Gasteiger partial charge on any atom is -0.459 e. The summed E-state index contributed by atoms with van der Waals surface area (Å²) in [6, 6.07) is -0.384. The van der Waals surface area contributed by atoms with E-state index in [1.54, 1.807) is 32.6 Å². The van der Waals surface area contributed by atoms with E-state index in [0.717, 1.165) is 12.8 Å². The highest BCUT2D eigenvalue weighted by Crippen LogP contribution is 2.26. The molecule has 0 radical (unpaired) electrons. The number of hydrogen-bond acceptors (Lipinski definition) is 6. The Morgan fingerprint density at radius 1 is 1.28 bits per heavy atom. The smallest absolute Gasteiger partial charge is 0.340 e. The standard InChI is InChI=1S/C20H30N2O6S/c1-12(2)28-20(24)17-13(3)18(21-14(17)4)19(23)22(10-16-6-5-8-27-16)15-7-9-29(25,26)11-15/h12,15-16,21H,5-11H2,1-4H3/t15-,16-/m0/s1. The molecule has 8 nitrogen and oxygen atoms in total. The van der Waals surface area contributed by atoms with Gasteiger partial charge in [0, 0.05) is 24.9 Å². The van der Waals surface area contributed by atoms with Crippen LogP contribution in [0.3, 0.4) is 0 Å². The van der Waals surface area contributed by atoms with Crippen LogP contribution in [0.2, 0.25) is 0 Å². The Bertz CT molecular complexity index is 883. The quantitative estimate of drug-likeness (QED) is 0.698. The number of aromatic nitrogens is 1. The molecular weight excluding hydrogens is 396 g/mol. The highest BCUT2D eigenvalue weighted by molar-refractivity contribution is 7.91. The van der Waals surface area contributed by atoms with Crippen molar-refractivity contribution in [1.82, 2.24) is 9.88 Å². The number of sulfone groups is 1. The zero-order valence-electron chi connectivity index (χ0n) is 17.5. The summed E-state index contributed by atoms with van der Waals surface area (Å²) in [7, 11) is -3.15. The van der Waals surface area contributed by atoms with Crippen molar-refractivity contribution in [1.29, 1.82) is 0 Å². The van der Waals surface area contributed by atoms with E-state index in [4.69, 9.17) is 9.47 Å². The number of esters is 1. The number of carbonyl (C=O) groups excluding carboxylic acids is 2. The fourth-order valence-corrected chi connectivity index (χ4v) is 5.84. The number of ether oxygens (including phenoxy) is 2. The number of rotatable bonds is 6. The van der Waals surface area contributed by atoms with Crippen molar-refractivity contribution in [2.75, 3.05) is 24.7 Å². The average molecular weight is 427 g/mol. The molecule has 3 rings (SSSR count). The molecule has 0 bridgehead atoms. The van der Waals surface area contributed by atoms with Gasteiger partial charge in [0.1, 0.15) is 5.69 Å². The number of aryl methyl sites for hydroxylation is 1. The summed E-state index contributed by atoms with van der Waals surface area (Å²) in [5.41, 5.74) is 1.75. The van der Waals surface area contributed by atoms with Crippen molar-refractivity contribution in [3.05, 3.63) is 22.5 Å². The largest absolute Gasteiger partial charge is 0.459 e. The minimum absolute atomic E-state index is 0.0353. The van der Waals surface area contributed by atoms with Crippen LogP contribution in [-0.4, -0.2) is 73.1 Å². The van der Waals surface area contributed by atoms with Gasteiger partial charge in [0.25, 0.3) is 5.91 Å². The van der Waals surface area contributed by atoms with Gasteiger partial charge in [-0.1, -0.05) is 0 Å². The van der Waals surface area contributed by atoms with Crippen LogP contribution in [0.25, 0.3) is 0 Å². The number of hydrogen-bond donors (Lipinski definition) is 1. The molecule has 0 saturated carbocycles. The van der Waals surface area contributed by atoms with E-state index in [0.29, 0.717) is 42.1 Å². The Morgan fingerprint density at radius 2 is 2.00 bits per heavy atom.